The molecule has 2 aromatic heterocycles. The number of para-hydroxylation sites is 2. The van der Waals surface area contributed by atoms with Gasteiger partial charge in [-0.05, 0) is 38.1 Å². The molecule has 0 aliphatic rings. The number of carbonyl (C=O) groups is 1. The number of pyridine rings is 1. The van der Waals surface area contributed by atoms with Gasteiger partial charge in [0.25, 0.3) is 0 Å². The van der Waals surface area contributed by atoms with Crippen molar-refractivity contribution in [2.24, 2.45) is 0 Å². The number of thioether (sulfide) groups is 1. The number of carbonyl (C=O) groups excluding carboxylic acids is 1. The van der Waals surface area contributed by atoms with Crippen molar-refractivity contribution in [2.45, 2.75) is 25.1 Å². The second-order valence-corrected chi connectivity index (χ2v) is 6.97. The summed E-state index contributed by atoms with van der Waals surface area (Å²) < 4.78 is 0. The molecule has 3 rings (SSSR count). The second kappa shape index (κ2) is 7.49. The molecule has 0 aliphatic heterocycles. The van der Waals surface area contributed by atoms with E-state index in [1.165, 1.54) is 0 Å². The number of benzene rings is 1. The number of nitrogens with one attached hydrogen (secondary N) is 2. The lowest BCUT2D eigenvalue weighted by Gasteiger charge is -2.14. The lowest BCUT2D eigenvalue weighted by atomic mass is 10.2. The summed E-state index contributed by atoms with van der Waals surface area (Å²) in [6.45, 7) is 3.99. The Morgan fingerprint density at radius 1 is 1.21 bits per heavy atom. The van der Waals surface area contributed by atoms with Crippen LogP contribution in [0.15, 0.2) is 48.7 Å². The van der Waals surface area contributed by atoms with Crippen molar-refractivity contribution in [1.82, 2.24) is 20.3 Å². The van der Waals surface area contributed by atoms with E-state index in [-0.39, 0.29) is 17.2 Å². The molecule has 1 amide bonds. The van der Waals surface area contributed by atoms with E-state index in [2.05, 4.69) is 27.2 Å². The zero-order valence-electron chi connectivity index (χ0n) is 13.7. The summed E-state index contributed by atoms with van der Waals surface area (Å²) in [7, 11) is 0. The number of aromatic nitrogens is 3. The standard InChI is InChI=1S/C18H20N4OS/c1-12(14-7-5-6-10-19-14)20-17(23)11-24-13(2)18-21-15-8-3-4-9-16(15)22-18/h3-10,12-13H,11H2,1-2H3,(H,20,23)(H,21,22). The Labute approximate surface area is 145 Å². The van der Waals surface area contributed by atoms with Crippen molar-refractivity contribution in [3.63, 3.8) is 0 Å². The lowest BCUT2D eigenvalue weighted by molar-refractivity contribution is -0.119. The molecule has 2 N–H and O–H groups in total. The Hall–Kier alpha value is -2.34. The molecule has 124 valence electrons. The number of hydrogen-bond donors (Lipinski definition) is 2. The first kappa shape index (κ1) is 16.5. The fourth-order valence-corrected chi connectivity index (χ4v) is 3.19. The normalized spacial score (nSPS) is 13.6. The van der Waals surface area contributed by atoms with Crippen molar-refractivity contribution in [2.75, 3.05) is 5.75 Å². The summed E-state index contributed by atoms with van der Waals surface area (Å²) in [6, 6.07) is 13.5. The van der Waals surface area contributed by atoms with Crippen LogP contribution in [0.4, 0.5) is 0 Å². The van der Waals surface area contributed by atoms with E-state index in [1.807, 2.05) is 49.4 Å². The summed E-state index contributed by atoms with van der Waals surface area (Å²) >= 11 is 1.56. The number of H-pyrrole nitrogens is 1. The van der Waals surface area contributed by atoms with E-state index in [4.69, 9.17) is 0 Å². The predicted octanol–water partition coefficient (Wildman–Crippen LogP) is 3.63. The molecule has 0 saturated heterocycles. The highest BCUT2D eigenvalue weighted by Gasteiger charge is 2.15. The second-order valence-electron chi connectivity index (χ2n) is 5.64. The van der Waals surface area contributed by atoms with Crippen LogP contribution in [0.2, 0.25) is 0 Å². The Bertz CT molecular complexity index is 785. The van der Waals surface area contributed by atoms with Crippen molar-refractivity contribution in [1.29, 1.82) is 0 Å². The van der Waals surface area contributed by atoms with Gasteiger partial charge in [-0.1, -0.05) is 18.2 Å². The third-order valence-electron chi connectivity index (χ3n) is 3.77. The SMILES string of the molecule is CC(NC(=O)CSC(C)c1nc2ccccc2[nH]1)c1ccccn1. The van der Waals surface area contributed by atoms with Crippen LogP contribution in [-0.2, 0) is 4.79 Å². The number of fused-ring (bicyclic) bond motifs is 1. The van der Waals surface area contributed by atoms with Crippen LogP contribution >= 0.6 is 11.8 Å². The van der Waals surface area contributed by atoms with E-state index in [0.717, 1.165) is 22.6 Å². The monoisotopic (exact) mass is 340 g/mol. The van der Waals surface area contributed by atoms with Crippen molar-refractivity contribution in [3.05, 3.63) is 60.2 Å². The molecular formula is C18H20N4OS. The summed E-state index contributed by atoms with van der Waals surface area (Å²) in [5.41, 5.74) is 2.84. The zero-order chi connectivity index (χ0) is 16.9. The molecule has 0 aliphatic carbocycles. The first-order valence-electron chi connectivity index (χ1n) is 7.90. The highest BCUT2D eigenvalue weighted by Crippen LogP contribution is 2.27. The molecule has 2 heterocycles. The molecule has 3 aromatic rings. The molecular weight excluding hydrogens is 320 g/mol. The maximum absolute atomic E-state index is 12.1. The van der Waals surface area contributed by atoms with Gasteiger partial charge in [0.15, 0.2) is 0 Å². The quantitative estimate of drug-likeness (QED) is 0.719. The zero-order valence-corrected chi connectivity index (χ0v) is 14.5. The molecule has 0 fully saturated rings. The molecule has 24 heavy (non-hydrogen) atoms. The Morgan fingerprint density at radius 3 is 2.75 bits per heavy atom. The average Bonchev–Trinajstić information content (AvgIpc) is 3.04. The maximum Gasteiger partial charge on any atom is 0.230 e. The molecule has 0 saturated carbocycles. The number of rotatable bonds is 6. The molecule has 5 nitrogen and oxygen atoms in total. The molecule has 0 radical (unpaired) electrons. The Morgan fingerprint density at radius 2 is 2.00 bits per heavy atom. The molecule has 6 heteroatoms. The number of imidazole rings is 1. The summed E-state index contributed by atoms with van der Waals surface area (Å²) in [5, 5.41) is 3.10. The van der Waals surface area contributed by atoms with Crippen molar-refractivity contribution >= 4 is 28.7 Å². The summed E-state index contributed by atoms with van der Waals surface area (Å²) in [6.07, 6.45) is 1.73. The molecule has 0 spiro atoms. The van der Waals surface area contributed by atoms with Gasteiger partial charge in [-0.2, -0.15) is 0 Å². The van der Waals surface area contributed by atoms with Gasteiger partial charge in [-0.25, -0.2) is 4.98 Å². The van der Waals surface area contributed by atoms with Gasteiger partial charge in [-0.3, -0.25) is 9.78 Å². The van der Waals surface area contributed by atoms with Crippen LogP contribution in [0.25, 0.3) is 11.0 Å². The van der Waals surface area contributed by atoms with Crippen molar-refractivity contribution in [3.8, 4) is 0 Å². The fraction of sp³-hybridized carbons (Fsp3) is 0.278. The minimum Gasteiger partial charge on any atom is -0.347 e. The Balaban J connectivity index is 1.54. The summed E-state index contributed by atoms with van der Waals surface area (Å²) in [4.78, 5) is 24.3. The largest absolute Gasteiger partial charge is 0.347 e. The highest BCUT2D eigenvalue weighted by molar-refractivity contribution is 8.00. The van der Waals surface area contributed by atoms with Gasteiger partial charge in [0.2, 0.25) is 5.91 Å². The minimum absolute atomic E-state index is 0.00103. The average molecular weight is 340 g/mol. The van der Waals surface area contributed by atoms with Gasteiger partial charge in [0.1, 0.15) is 5.82 Å². The number of nitrogens with zero attached hydrogens (tertiary/aromatic N) is 2. The molecule has 1 aromatic carbocycles. The van der Waals surface area contributed by atoms with E-state index in [9.17, 15) is 4.79 Å². The third-order valence-corrected chi connectivity index (χ3v) is 4.92. The van der Waals surface area contributed by atoms with Gasteiger partial charge in [0, 0.05) is 6.20 Å². The van der Waals surface area contributed by atoms with Crippen LogP contribution in [0.1, 0.15) is 36.7 Å². The van der Waals surface area contributed by atoms with E-state index >= 15 is 0 Å². The first-order chi connectivity index (χ1) is 11.6. The fourth-order valence-electron chi connectivity index (χ4n) is 2.43. The first-order valence-corrected chi connectivity index (χ1v) is 8.95. The minimum atomic E-state index is -0.0965. The van der Waals surface area contributed by atoms with E-state index < -0.39 is 0 Å². The van der Waals surface area contributed by atoms with Gasteiger partial charge in [-0.15, -0.1) is 11.8 Å². The number of amides is 1. The number of aromatic amines is 1. The predicted molar refractivity (Wildman–Crippen MR) is 97.8 cm³/mol. The smallest absolute Gasteiger partial charge is 0.230 e. The van der Waals surface area contributed by atoms with Crippen LogP contribution < -0.4 is 5.32 Å². The van der Waals surface area contributed by atoms with E-state index in [1.54, 1.807) is 18.0 Å². The van der Waals surface area contributed by atoms with Gasteiger partial charge >= 0.3 is 0 Å². The van der Waals surface area contributed by atoms with E-state index in [0.29, 0.717) is 5.75 Å². The Kier molecular flexibility index (Phi) is 5.15. The highest BCUT2D eigenvalue weighted by atomic mass is 32.2. The van der Waals surface area contributed by atoms with Gasteiger partial charge in [0.05, 0.1) is 33.8 Å². The molecule has 2 unspecified atom stereocenters. The maximum atomic E-state index is 12.1. The van der Waals surface area contributed by atoms with Crippen molar-refractivity contribution < 1.29 is 4.79 Å². The lowest BCUT2D eigenvalue weighted by Crippen LogP contribution is -2.28. The van der Waals surface area contributed by atoms with Crippen LogP contribution in [0.3, 0.4) is 0 Å². The molecule has 2 atom stereocenters. The number of hydrogen-bond acceptors (Lipinski definition) is 4. The van der Waals surface area contributed by atoms with Crippen LogP contribution in [0.5, 0.6) is 0 Å². The summed E-state index contributed by atoms with van der Waals surface area (Å²) in [5.74, 6) is 1.28. The third kappa shape index (κ3) is 3.94. The van der Waals surface area contributed by atoms with Crippen LogP contribution in [-0.4, -0.2) is 26.6 Å². The molecule has 0 bridgehead atoms. The van der Waals surface area contributed by atoms with Crippen LogP contribution in [0, 0.1) is 0 Å². The van der Waals surface area contributed by atoms with Gasteiger partial charge < -0.3 is 10.3 Å². The topological polar surface area (TPSA) is 70.7 Å².